The highest BCUT2D eigenvalue weighted by Crippen LogP contribution is 2.32. The van der Waals surface area contributed by atoms with Gasteiger partial charge in [-0.1, -0.05) is 42.8 Å². The zero-order chi connectivity index (χ0) is 13.8. The standard InChI is InChI=1S/C15H23BrO2/c1-15(2,3)14(16)9-7-11-6-8-12(17-4)13(10-11)18-5/h6,8,10,14H,7,9H2,1-5H3. The fourth-order valence-electron chi connectivity index (χ4n) is 1.76. The van der Waals surface area contributed by atoms with Crippen LogP contribution in [0.25, 0.3) is 0 Å². The third-order valence-corrected chi connectivity index (χ3v) is 4.91. The fraction of sp³-hybridized carbons (Fsp3) is 0.600. The van der Waals surface area contributed by atoms with Gasteiger partial charge in [-0.2, -0.15) is 0 Å². The lowest BCUT2D eigenvalue weighted by molar-refractivity contribution is 0.354. The van der Waals surface area contributed by atoms with Crippen molar-refractivity contribution in [3.63, 3.8) is 0 Å². The number of aryl methyl sites for hydroxylation is 1. The summed E-state index contributed by atoms with van der Waals surface area (Å²) in [6.45, 7) is 6.75. The van der Waals surface area contributed by atoms with Crippen molar-refractivity contribution in [2.75, 3.05) is 14.2 Å². The van der Waals surface area contributed by atoms with Gasteiger partial charge in [0.1, 0.15) is 0 Å². The summed E-state index contributed by atoms with van der Waals surface area (Å²) in [5, 5.41) is 0. The molecule has 0 bridgehead atoms. The van der Waals surface area contributed by atoms with Gasteiger partial charge in [0.25, 0.3) is 0 Å². The molecule has 0 spiro atoms. The van der Waals surface area contributed by atoms with Gasteiger partial charge in [-0.3, -0.25) is 0 Å². The van der Waals surface area contributed by atoms with Gasteiger partial charge in [-0.25, -0.2) is 0 Å². The van der Waals surface area contributed by atoms with E-state index in [0.29, 0.717) is 4.83 Å². The van der Waals surface area contributed by atoms with E-state index in [2.05, 4.69) is 48.8 Å². The molecular weight excluding hydrogens is 292 g/mol. The van der Waals surface area contributed by atoms with Gasteiger partial charge in [0.2, 0.25) is 0 Å². The Hall–Kier alpha value is -0.700. The molecule has 0 amide bonds. The smallest absolute Gasteiger partial charge is 0.160 e. The molecular formula is C15H23BrO2. The Labute approximate surface area is 119 Å². The third-order valence-electron chi connectivity index (χ3n) is 3.07. The van der Waals surface area contributed by atoms with E-state index in [1.54, 1.807) is 14.2 Å². The second-order valence-electron chi connectivity index (χ2n) is 5.56. The predicted octanol–water partition coefficient (Wildman–Crippen LogP) is 4.45. The van der Waals surface area contributed by atoms with Crippen molar-refractivity contribution < 1.29 is 9.47 Å². The normalized spacial score (nSPS) is 13.2. The number of benzene rings is 1. The van der Waals surface area contributed by atoms with E-state index in [-0.39, 0.29) is 5.41 Å². The highest BCUT2D eigenvalue weighted by molar-refractivity contribution is 9.09. The van der Waals surface area contributed by atoms with E-state index in [1.807, 2.05) is 6.07 Å². The first-order valence-corrected chi connectivity index (χ1v) is 7.15. The van der Waals surface area contributed by atoms with E-state index in [9.17, 15) is 0 Å². The van der Waals surface area contributed by atoms with E-state index in [4.69, 9.17) is 9.47 Å². The molecule has 0 aliphatic rings. The molecule has 1 aromatic carbocycles. The molecule has 2 nitrogen and oxygen atoms in total. The van der Waals surface area contributed by atoms with E-state index >= 15 is 0 Å². The van der Waals surface area contributed by atoms with Gasteiger partial charge < -0.3 is 9.47 Å². The Kier molecular flexibility index (Phi) is 5.51. The quantitative estimate of drug-likeness (QED) is 0.748. The molecule has 1 unspecified atom stereocenters. The van der Waals surface area contributed by atoms with Crippen LogP contribution in [0.5, 0.6) is 11.5 Å². The molecule has 0 aromatic heterocycles. The summed E-state index contributed by atoms with van der Waals surface area (Å²) in [5.41, 5.74) is 1.57. The highest BCUT2D eigenvalue weighted by Gasteiger charge is 2.21. The average Bonchev–Trinajstić information content (AvgIpc) is 2.34. The Morgan fingerprint density at radius 2 is 1.72 bits per heavy atom. The van der Waals surface area contributed by atoms with Crippen molar-refractivity contribution in [1.29, 1.82) is 0 Å². The summed E-state index contributed by atoms with van der Waals surface area (Å²) in [5.74, 6) is 1.59. The van der Waals surface area contributed by atoms with Crippen LogP contribution in [0.3, 0.4) is 0 Å². The second kappa shape index (κ2) is 6.46. The first-order chi connectivity index (χ1) is 8.38. The molecule has 0 aliphatic heterocycles. The lowest BCUT2D eigenvalue weighted by Crippen LogP contribution is -2.20. The molecule has 0 saturated carbocycles. The van der Waals surface area contributed by atoms with E-state index in [0.717, 1.165) is 24.3 Å². The lowest BCUT2D eigenvalue weighted by atomic mass is 9.89. The van der Waals surface area contributed by atoms with Crippen LogP contribution in [0, 0.1) is 5.41 Å². The number of halogens is 1. The van der Waals surface area contributed by atoms with Gasteiger partial charge in [0.05, 0.1) is 14.2 Å². The number of ether oxygens (including phenoxy) is 2. The van der Waals surface area contributed by atoms with Crippen molar-refractivity contribution in [3.8, 4) is 11.5 Å². The van der Waals surface area contributed by atoms with Crippen molar-refractivity contribution in [2.45, 2.75) is 38.4 Å². The third kappa shape index (κ3) is 4.20. The zero-order valence-corrected chi connectivity index (χ0v) is 13.5. The maximum Gasteiger partial charge on any atom is 0.160 e. The number of hydrogen-bond acceptors (Lipinski definition) is 2. The maximum absolute atomic E-state index is 5.31. The molecule has 0 fully saturated rings. The molecule has 0 aliphatic carbocycles. The van der Waals surface area contributed by atoms with Gasteiger partial charge in [-0.05, 0) is 36.0 Å². The van der Waals surface area contributed by atoms with Gasteiger partial charge >= 0.3 is 0 Å². The van der Waals surface area contributed by atoms with Crippen LogP contribution in [0.2, 0.25) is 0 Å². The molecule has 1 aromatic rings. The molecule has 1 rings (SSSR count). The first-order valence-electron chi connectivity index (χ1n) is 6.23. The molecule has 3 heteroatoms. The van der Waals surface area contributed by atoms with Crippen LogP contribution in [-0.4, -0.2) is 19.0 Å². The number of hydrogen-bond donors (Lipinski definition) is 0. The number of rotatable bonds is 5. The van der Waals surface area contributed by atoms with Crippen LogP contribution in [0.15, 0.2) is 18.2 Å². The summed E-state index contributed by atoms with van der Waals surface area (Å²) in [7, 11) is 3.33. The predicted molar refractivity (Wildman–Crippen MR) is 80.0 cm³/mol. The average molecular weight is 315 g/mol. The summed E-state index contributed by atoms with van der Waals surface area (Å²) in [6, 6.07) is 6.12. The van der Waals surface area contributed by atoms with Crippen LogP contribution < -0.4 is 9.47 Å². The van der Waals surface area contributed by atoms with E-state index in [1.165, 1.54) is 5.56 Å². The van der Waals surface area contributed by atoms with Gasteiger partial charge in [0, 0.05) is 4.83 Å². The van der Waals surface area contributed by atoms with Gasteiger partial charge in [0.15, 0.2) is 11.5 Å². The monoisotopic (exact) mass is 314 g/mol. The minimum Gasteiger partial charge on any atom is -0.493 e. The Bertz CT molecular complexity index is 383. The summed E-state index contributed by atoms with van der Waals surface area (Å²) < 4.78 is 10.6. The van der Waals surface area contributed by atoms with Crippen LogP contribution in [-0.2, 0) is 6.42 Å². The minimum absolute atomic E-state index is 0.288. The lowest BCUT2D eigenvalue weighted by Gasteiger charge is -2.25. The van der Waals surface area contributed by atoms with Crippen molar-refractivity contribution in [3.05, 3.63) is 23.8 Å². The molecule has 102 valence electrons. The fourth-order valence-corrected chi connectivity index (χ4v) is 1.99. The minimum atomic E-state index is 0.288. The summed E-state index contributed by atoms with van der Waals surface area (Å²) >= 11 is 3.76. The highest BCUT2D eigenvalue weighted by atomic mass is 79.9. The van der Waals surface area contributed by atoms with Crippen molar-refractivity contribution >= 4 is 15.9 Å². The zero-order valence-electron chi connectivity index (χ0n) is 11.9. The Balaban J connectivity index is 2.69. The Morgan fingerprint density at radius 1 is 1.11 bits per heavy atom. The van der Waals surface area contributed by atoms with Crippen LogP contribution in [0.1, 0.15) is 32.8 Å². The summed E-state index contributed by atoms with van der Waals surface area (Å²) in [4.78, 5) is 0.512. The molecule has 0 N–H and O–H groups in total. The van der Waals surface area contributed by atoms with Crippen LogP contribution >= 0.6 is 15.9 Å². The molecule has 0 saturated heterocycles. The molecule has 18 heavy (non-hydrogen) atoms. The molecule has 1 atom stereocenters. The largest absolute Gasteiger partial charge is 0.493 e. The Morgan fingerprint density at radius 3 is 2.22 bits per heavy atom. The van der Waals surface area contributed by atoms with Crippen LogP contribution in [0.4, 0.5) is 0 Å². The maximum atomic E-state index is 5.31. The topological polar surface area (TPSA) is 18.5 Å². The number of methoxy groups -OCH3 is 2. The van der Waals surface area contributed by atoms with Gasteiger partial charge in [-0.15, -0.1) is 0 Å². The molecule has 0 heterocycles. The SMILES string of the molecule is COc1ccc(CCC(Br)C(C)(C)C)cc1OC. The first kappa shape index (κ1) is 15.4. The van der Waals surface area contributed by atoms with Crippen molar-refractivity contribution in [1.82, 2.24) is 0 Å². The van der Waals surface area contributed by atoms with E-state index < -0.39 is 0 Å². The van der Waals surface area contributed by atoms with Crippen molar-refractivity contribution in [2.24, 2.45) is 5.41 Å². The molecule has 0 radical (unpaired) electrons. The number of alkyl halides is 1. The summed E-state index contributed by atoms with van der Waals surface area (Å²) in [6.07, 6.45) is 2.15. The second-order valence-corrected chi connectivity index (χ2v) is 6.67.